The summed E-state index contributed by atoms with van der Waals surface area (Å²) in [6.07, 6.45) is 4.85. The van der Waals surface area contributed by atoms with Crippen LogP contribution >= 0.6 is 0 Å². The molecule has 0 spiro atoms. The van der Waals surface area contributed by atoms with Gasteiger partial charge in [0.1, 0.15) is 5.69 Å². The molecule has 0 aliphatic carbocycles. The van der Waals surface area contributed by atoms with Gasteiger partial charge in [0.2, 0.25) is 0 Å². The number of pyridine rings is 2. The van der Waals surface area contributed by atoms with Gasteiger partial charge in [-0.25, -0.2) is 0 Å². The number of hydrogen-bond donors (Lipinski definition) is 2. The van der Waals surface area contributed by atoms with Gasteiger partial charge in [-0.15, -0.1) is 0 Å². The predicted molar refractivity (Wildman–Crippen MR) is 65.3 cm³/mol. The van der Waals surface area contributed by atoms with Crippen LogP contribution in [0.1, 0.15) is 16.1 Å². The third kappa shape index (κ3) is 2.39. The first-order valence-corrected chi connectivity index (χ1v) is 5.10. The molecule has 4 N–H and O–H groups in total. The lowest BCUT2D eigenvalue weighted by atomic mass is 10.1. The van der Waals surface area contributed by atoms with E-state index in [9.17, 15) is 4.79 Å². The van der Waals surface area contributed by atoms with Gasteiger partial charge in [-0.05, 0) is 18.2 Å². The van der Waals surface area contributed by atoms with E-state index in [1.807, 2.05) is 0 Å². The first-order valence-electron chi connectivity index (χ1n) is 5.10. The monoisotopic (exact) mass is 228 g/mol. The van der Waals surface area contributed by atoms with Crippen LogP contribution in [0.2, 0.25) is 0 Å². The second kappa shape index (κ2) is 4.61. The molecule has 2 heterocycles. The zero-order valence-electron chi connectivity index (χ0n) is 9.13. The van der Waals surface area contributed by atoms with Crippen LogP contribution < -0.4 is 11.5 Å². The molecule has 2 rings (SSSR count). The summed E-state index contributed by atoms with van der Waals surface area (Å²) in [5.74, 6) is -0.164. The van der Waals surface area contributed by atoms with Crippen molar-refractivity contribution < 1.29 is 4.79 Å². The lowest BCUT2D eigenvalue weighted by molar-refractivity contribution is 0.0989. The summed E-state index contributed by atoms with van der Waals surface area (Å²) in [4.78, 5) is 19.9. The molecule has 0 aliphatic heterocycles. The quantitative estimate of drug-likeness (QED) is 0.766. The Bertz CT molecular complexity index is 554. The summed E-state index contributed by atoms with van der Waals surface area (Å²) in [6.45, 7) is 0. The lowest BCUT2D eigenvalue weighted by Crippen LogP contribution is -2.10. The molecule has 17 heavy (non-hydrogen) atoms. The van der Waals surface area contributed by atoms with Crippen LogP contribution in [0.5, 0.6) is 0 Å². The second-order valence-corrected chi connectivity index (χ2v) is 3.62. The Morgan fingerprint density at radius 3 is 2.71 bits per heavy atom. The molecular weight excluding hydrogens is 216 g/mol. The maximum atomic E-state index is 12.0. The SMILES string of the molecule is Nc1ccncc1CC(=O)c1ncccc1N. The molecule has 0 unspecified atom stereocenters. The number of anilines is 2. The highest BCUT2D eigenvalue weighted by molar-refractivity contribution is 6.00. The van der Waals surface area contributed by atoms with E-state index in [-0.39, 0.29) is 17.9 Å². The zero-order chi connectivity index (χ0) is 12.3. The first-order chi connectivity index (χ1) is 8.18. The molecule has 5 heteroatoms. The van der Waals surface area contributed by atoms with Gasteiger partial charge in [0.15, 0.2) is 5.78 Å². The Kier molecular flexibility index (Phi) is 3.00. The molecule has 0 amide bonds. The van der Waals surface area contributed by atoms with Crippen molar-refractivity contribution in [1.29, 1.82) is 0 Å². The van der Waals surface area contributed by atoms with Crippen molar-refractivity contribution in [3.63, 3.8) is 0 Å². The number of rotatable bonds is 3. The predicted octanol–water partition coefficient (Wildman–Crippen LogP) is 1.07. The molecule has 0 radical (unpaired) electrons. The lowest BCUT2D eigenvalue weighted by Gasteiger charge is -2.05. The number of Topliss-reactive ketones (excluding diaryl/α,β-unsaturated/α-hetero) is 1. The Hall–Kier alpha value is -2.43. The number of carbonyl (C=O) groups excluding carboxylic acids is 1. The summed E-state index contributed by atoms with van der Waals surface area (Å²) in [5, 5.41) is 0. The average Bonchev–Trinajstić information content (AvgIpc) is 2.32. The Balaban J connectivity index is 2.24. The van der Waals surface area contributed by atoms with Crippen LogP contribution in [0.3, 0.4) is 0 Å². The molecular formula is C12H12N4O. The minimum Gasteiger partial charge on any atom is -0.398 e. The van der Waals surface area contributed by atoms with Crippen molar-refractivity contribution in [2.45, 2.75) is 6.42 Å². The van der Waals surface area contributed by atoms with Crippen LogP contribution in [0, 0.1) is 0 Å². The number of nitrogen functional groups attached to an aromatic ring is 2. The van der Waals surface area contributed by atoms with Crippen LogP contribution in [-0.2, 0) is 6.42 Å². The third-order valence-corrected chi connectivity index (χ3v) is 2.40. The van der Waals surface area contributed by atoms with Gasteiger partial charge >= 0.3 is 0 Å². The van der Waals surface area contributed by atoms with Gasteiger partial charge in [-0.1, -0.05) is 0 Å². The molecule has 0 atom stereocenters. The van der Waals surface area contributed by atoms with Crippen molar-refractivity contribution in [2.24, 2.45) is 0 Å². The second-order valence-electron chi connectivity index (χ2n) is 3.62. The van der Waals surface area contributed by atoms with Crippen molar-refractivity contribution in [3.8, 4) is 0 Å². The van der Waals surface area contributed by atoms with Gasteiger partial charge in [-0.2, -0.15) is 0 Å². The van der Waals surface area contributed by atoms with E-state index >= 15 is 0 Å². The molecule has 86 valence electrons. The average molecular weight is 228 g/mol. The highest BCUT2D eigenvalue weighted by Crippen LogP contribution is 2.14. The van der Waals surface area contributed by atoms with Gasteiger partial charge in [0.25, 0.3) is 0 Å². The fraction of sp³-hybridized carbons (Fsp3) is 0.0833. The Morgan fingerprint density at radius 2 is 2.00 bits per heavy atom. The molecule has 0 aliphatic rings. The molecule has 0 saturated carbocycles. The van der Waals surface area contributed by atoms with E-state index in [2.05, 4.69) is 9.97 Å². The summed E-state index contributed by atoms with van der Waals surface area (Å²) < 4.78 is 0. The summed E-state index contributed by atoms with van der Waals surface area (Å²) in [5.41, 5.74) is 13.3. The van der Waals surface area contributed by atoms with Gasteiger partial charge in [-0.3, -0.25) is 14.8 Å². The van der Waals surface area contributed by atoms with E-state index in [1.54, 1.807) is 30.6 Å². The van der Waals surface area contributed by atoms with E-state index in [4.69, 9.17) is 11.5 Å². The molecule has 5 nitrogen and oxygen atoms in total. The largest absolute Gasteiger partial charge is 0.398 e. The number of nitrogens with two attached hydrogens (primary N) is 2. The van der Waals surface area contributed by atoms with E-state index in [0.29, 0.717) is 16.9 Å². The molecule has 0 aromatic carbocycles. The number of carbonyl (C=O) groups is 1. The Labute approximate surface area is 98.5 Å². The van der Waals surface area contributed by atoms with Crippen molar-refractivity contribution >= 4 is 17.2 Å². The zero-order valence-corrected chi connectivity index (χ0v) is 9.13. The summed E-state index contributed by atoms with van der Waals surface area (Å²) in [7, 11) is 0. The number of nitrogens with zero attached hydrogens (tertiary/aromatic N) is 2. The smallest absolute Gasteiger partial charge is 0.187 e. The van der Waals surface area contributed by atoms with Gasteiger partial charge in [0.05, 0.1) is 5.69 Å². The number of ketones is 1. The highest BCUT2D eigenvalue weighted by atomic mass is 16.1. The fourth-order valence-electron chi connectivity index (χ4n) is 1.49. The van der Waals surface area contributed by atoms with Crippen molar-refractivity contribution in [1.82, 2.24) is 9.97 Å². The summed E-state index contributed by atoms with van der Waals surface area (Å²) in [6, 6.07) is 4.99. The Morgan fingerprint density at radius 1 is 1.18 bits per heavy atom. The van der Waals surface area contributed by atoms with Crippen LogP contribution in [0.25, 0.3) is 0 Å². The third-order valence-electron chi connectivity index (χ3n) is 2.40. The number of aromatic nitrogens is 2. The standard InChI is InChI=1S/C12H12N4O/c13-9-3-5-15-7-8(9)6-11(17)12-10(14)2-1-4-16-12/h1-5,7H,6,14H2,(H2,13,15). The van der Waals surface area contributed by atoms with Gasteiger partial charge in [0, 0.05) is 36.3 Å². The first kappa shape index (κ1) is 11.1. The molecule has 0 fully saturated rings. The van der Waals surface area contributed by atoms with Crippen LogP contribution in [0.4, 0.5) is 11.4 Å². The minimum absolute atomic E-state index is 0.154. The highest BCUT2D eigenvalue weighted by Gasteiger charge is 2.13. The molecule has 0 saturated heterocycles. The van der Waals surface area contributed by atoms with Crippen LogP contribution in [-0.4, -0.2) is 15.8 Å². The fourth-order valence-corrected chi connectivity index (χ4v) is 1.49. The molecule has 2 aromatic rings. The van der Waals surface area contributed by atoms with E-state index in [1.165, 1.54) is 6.20 Å². The van der Waals surface area contributed by atoms with Crippen molar-refractivity contribution in [3.05, 3.63) is 48.0 Å². The van der Waals surface area contributed by atoms with Crippen LogP contribution in [0.15, 0.2) is 36.8 Å². The summed E-state index contributed by atoms with van der Waals surface area (Å²) >= 11 is 0. The van der Waals surface area contributed by atoms with Gasteiger partial charge < -0.3 is 11.5 Å². The van der Waals surface area contributed by atoms with E-state index in [0.717, 1.165) is 0 Å². The molecule has 0 bridgehead atoms. The van der Waals surface area contributed by atoms with E-state index < -0.39 is 0 Å². The molecule has 2 aromatic heterocycles. The maximum Gasteiger partial charge on any atom is 0.187 e. The minimum atomic E-state index is -0.164. The number of hydrogen-bond acceptors (Lipinski definition) is 5. The van der Waals surface area contributed by atoms with Crippen molar-refractivity contribution in [2.75, 3.05) is 11.5 Å². The topological polar surface area (TPSA) is 94.9 Å². The maximum absolute atomic E-state index is 12.0. The normalized spacial score (nSPS) is 10.1.